The number of aromatic carboxylic acids is 1. The van der Waals surface area contributed by atoms with E-state index in [-0.39, 0.29) is 5.56 Å². The zero-order valence-corrected chi connectivity index (χ0v) is 10.9. The summed E-state index contributed by atoms with van der Waals surface area (Å²) < 4.78 is 5.04. The van der Waals surface area contributed by atoms with Crippen LogP contribution in [0.1, 0.15) is 22.8 Å². The molecule has 2 aromatic rings. The molecule has 0 aliphatic rings. The molecule has 0 atom stereocenters. The Bertz CT molecular complexity index is 591. The zero-order chi connectivity index (χ0) is 13.8. The monoisotopic (exact) mass is 257 g/mol. The molecule has 0 fully saturated rings. The van der Waals surface area contributed by atoms with Crippen molar-refractivity contribution in [2.75, 3.05) is 7.11 Å². The van der Waals surface area contributed by atoms with Crippen LogP contribution in [0.15, 0.2) is 36.4 Å². The predicted molar refractivity (Wildman–Crippen MR) is 72.6 cm³/mol. The van der Waals surface area contributed by atoms with Crippen LogP contribution in [0.25, 0.3) is 11.3 Å². The van der Waals surface area contributed by atoms with E-state index < -0.39 is 5.97 Å². The lowest BCUT2D eigenvalue weighted by Gasteiger charge is -2.06. The molecule has 0 spiro atoms. The van der Waals surface area contributed by atoms with Crippen LogP contribution in [0.5, 0.6) is 5.88 Å². The summed E-state index contributed by atoms with van der Waals surface area (Å²) in [6, 6.07) is 10.9. The highest BCUT2D eigenvalue weighted by Gasteiger charge is 2.10. The van der Waals surface area contributed by atoms with Crippen molar-refractivity contribution in [3.8, 4) is 17.1 Å². The van der Waals surface area contributed by atoms with Crippen molar-refractivity contribution in [1.82, 2.24) is 4.98 Å². The highest BCUT2D eigenvalue weighted by molar-refractivity contribution is 5.89. The van der Waals surface area contributed by atoms with Crippen LogP contribution in [-0.2, 0) is 6.42 Å². The molecule has 0 aliphatic carbocycles. The molecule has 0 aliphatic heterocycles. The summed E-state index contributed by atoms with van der Waals surface area (Å²) in [7, 11) is 1.47. The molecule has 4 heteroatoms. The summed E-state index contributed by atoms with van der Waals surface area (Å²) in [5, 5.41) is 9.07. The van der Waals surface area contributed by atoms with Gasteiger partial charge in [0.25, 0.3) is 0 Å². The molecule has 1 N–H and O–H groups in total. The van der Waals surface area contributed by atoms with Crippen LogP contribution in [0.3, 0.4) is 0 Å². The van der Waals surface area contributed by atoms with E-state index >= 15 is 0 Å². The van der Waals surface area contributed by atoms with Crippen molar-refractivity contribution in [3.63, 3.8) is 0 Å². The van der Waals surface area contributed by atoms with E-state index in [2.05, 4.69) is 11.9 Å². The Morgan fingerprint density at radius 2 is 1.95 bits per heavy atom. The first kappa shape index (κ1) is 13.1. The molecule has 0 saturated heterocycles. The van der Waals surface area contributed by atoms with Gasteiger partial charge in [-0.3, -0.25) is 0 Å². The molecule has 0 saturated carbocycles. The molecule has 1 aromatic carbocycles. The molecule has 2 rings (SSSR count). The smallest absolute Gasteiger partial charge is 0.335 e. The molecule has 0 amide bonds. The van der Waals surface area contributed by atoms with E-state index in [0.29, 0.717) is 11.6 Å². The Morgan fingerprint density at radius 1 is 1.26 bits per heavy atom. The first-order valence-electron chi connectivity index (χ1n) is 6.02. The van der Waals surface area contributed by atoms with Crippen LogP contribution < -0.4 is 4.74 Å². The van der Waals surface area contributed by atoms with Crippen LogP contribution in [0.2, 0.25) is 0 Å². The van der Waals surface area contributed by atoms with Gasteiger partial charge in [-0.2, -0.15) is 0 Å². The van der Waals surface area contributed by atoms with Gasteiger partial charge >= 0.3 is 5.97 Å². The number of aryl methyl sites for hydroxylation is 1. The average Bonchev–Trinajstić information content (AvgIpc) is 2.46. The van der Waals surface area contributed by atoms with Gasteiger partial charge in [-0.15, -0.1) is 0 Å². The number of carboxylic acid groups (broad SMARTS) is 1. The second kappa shape index (κ2) is 5.52. The SMILES string of the molecule is CCc1ccc(-c2cc(C(=O)O)cc(OC)n2)cc1. The van der Waals surface area contributed by atoms with Gasteiger partial charge in [0.05, 0.1) is 18.4 Å². The van der Waals surface area contributed by atoms with Crippen molar-refractivity contribution in [3.05, 3.63) is 47.5 Å². The summed E-state index contributed by atoms with van der Waals surface area (Å²) in [5.41, 5.74) is 2.87. The molecule has 1 heterocycles. The summed E-state index contributed by atoms with van der Waals surface area (Å²) in [4.78, 5) is 15.3. The number of benzene rings is 1. The molecule has 1 aromatic heterocycles. The van der Waals surface area contributed by atoms with Crippen LogP contribution >= 0.6 is 0 Å². The quantitative estimate of drug-likeness (QED) is 0.914. The van der Waals surface area contributed by atoms with E-state index in [0.717, 1.165) is 12.0 Å². The summed E-state index contributed by atoms with van der Waals surface area (Å²) >= 11 is 0. The number of rotatable bonds is 4. The van der Waals surface area contributed by atoms with E-state index in [4.69, 9.17) is 9.84 Å². The third kappa shape index (κ3) is 2.91. The maximum Gasteiger partial charge on any atom is 0.335 e. The summed E-state index contributed by atoms with van der Waals surface area (Å²) in [6.45, 7) is 2.08. The number of carboxylic acids is 1. The molecule has 98 valence electrons. The second-order valence-corrected chi connectivity index (χ2v) is 4.14. The van der Waals surface area contributed by atoms with Crippen molar-refractivity contribution < 1.29 is 14.6 Å². The van der Waals surface area contributed by atoms with E-state index in [1.165, 1.54) is 18.7 Å². The largest absolute Gasteiger partial charge is 0.481 e. The van der Waals surface area contributed by atoms with Gasteiger partial charge in [-0.05, 0) is 18.1 Å². The molecular formula is C15H15NO3. The van der Waals surface area contributed by atoms with Crippen LogP contribution in [-0.4, -0.2) is 23.2 Å². The first-order chi connectivity index (χ1) is 9.13. The fourth-order valence-corrected chi connectivity index (χ4v) is 1.79. The third-order valence-electron chi connectivity index (χ3n) is 2.92. The Hall–Kier alpha value is -2.36. The number of aromatic nitrogens is 1. The Kier molecular flexibility index (Phi) is 3.80. The summed E-state index contributed by atoms with van der Waals surface area (Å²) in [6.07, 6.45) is 0.964. The second-order valence-electron chi connectivity index (χ2n) is 4.14. The summed E-state index contributed by atoms with van der Waals surface area (Å²) in [5.74, 6) is -0.693. The Morgan fingerprint density at radius 3 is 2.47 bits per heavy atom. The maximum atomic E-state index is 11.1. The number of hydrogen-bond acceptors (Lipinski definition) is 3. The van der Waals surface area contributed by atoms with Crippen molar-refractivity contribution in [1.29, 1.82) is 0 Å². The normalized spacial score (nSPS) is 10.2. The third-order valence-corrected chi connectivity index (χ3v) is 2.92. The topological polar surface area (TPSA) is 59.4 Å². The van der Waals surface area contributed by atoms with Crippen molar-refractivity contribution in [2.24, 2.45) is 0 Å². The van der Waals surface area contributed by atoms with Gasteiger partial charge in [0.2, 0.25) is 5.88 Å². The number of nitrogens with zero attached hydrogens (tertiary/aromatic N) is 1. The lowest BCUT2D eigenvalue weighted by Crippen LogP contribution is -2.00. The Labute approximate surface area is 111 Å². The minimum Gasteiger partial charge on any atom is -0.481 e. The van der Waals surface area contributed by atoms with Gasteiger partial charge in [-0.25, -0.2) is 9.78 Å². The van der Waals surface area contributed by atoms with Gasteiger partial charge in [-0.1, -0.05) is 31.2 Å². The number of methoxy groups -OCH3 is 1. The number of hydrogen-bond donors (Lipinski definition) is 1. The molecule has 0 bridgehead atoms. The minimum absolute atomic E-state index is 0.168. The highest BCUT2D eigenvalue weighted by atomic mass is 16.5. The standard InChI is InChI=1S/C15H15NO3/c1-3-10-4-6-11(7-5-10)13-8-12(15(17)18)9-14(16-13)19-2/h4-9H,3H2,1-2H3,(H,17,18). The Balaban J connectivity index is 2.47. The lowest BCUT2D eigenvalue weighted by molar-refractivity contribution is 0.0696. The van der Waals surface area contributed by atoms with E-state index in [1.807, 2.05) is 24.3 Å². The molecule has 4 nitrogen and oxygen atoms in total. The number of ether oxygens (including phenoxy) is 1. The van der Waals surface area contributed by atoms with Crippen LogP contribution in [0, 0.1) is 0 Å². The fourth-order valence-electron chi connectivity index (χ4n) is 1.79. The highest BCUT2D eigenvalue weighted by Crippen LogP contribution is 2.22. The zero-order valence-electron chi connectivity index (χ0n) is 10.9. The van der Waals surface area contributed by atoms with Crippen LogP contribution in [0.4, 0.5) is 0 Å². The number of pyridine rings is 1. The molecular weight excluding hydrogens is 242 g/mol. The first-order valence-corrected chi connectivity index (χ1v) is 6.02. The fraction of sp³-hybridized carbons (Fsp3) is 0.200. The molecule has 19 heavy (non-hydrogen) atoms. The van der Waals surface area contributed by atoms with Crippen molar-refractivity contribution >= 4 is 5.97 Å². The van der Waals surface area contributed by atoms with E-state index in [9.17, 15) is 4.79 Å². The minimum atomic E-state index is -0.993. The van der Waals surface area contributed by atoms with Gasteiger partial charge < -0.3 is 9.84 Å². The lowest BCUT2D eigenvalue weighted by atomic mass is 10.1. The molecule has 0 unspecified atom stereocenters. The van der Waals surface area contributed by atoms with Gasteiger partial charge in [0.15, 0.2) is 0 Å². The number of carbonyl (C=O) groups is 1. The maximum absolute atomic E-state index is 11.1. The van der Waals surface area contributed by atoms with Gasteiger partial charge in [0, 0.05) is 11.6 Å². The molecule has 0 radical (unpaired) electrons. The van der Waals surface area contributed by atoms with E-state index in [1.54, 1.807) is 6.07 Å². The van der Waals surface area contributed by atoms with Crippen molar-refractivity contribution in [2.45, 2.75) is 13.3 Å². The van der Waals surface area contributed by atoms with Gasteiger partial charge in [0.1, 0.15) is 0 Å². The average molecular weight is 257 g/mol. The predicted octanol–water partition coefficient (Wildman–Crippen LogP) is 3.02.